The first-order valence-corrected chi connectivity index (χ1v) is 7.36. The number of ether oxygens (including phenoxy) is 1. The highest BCUT2D eigenvalue weighted by Gasteiger charge is 2.09. The summed E-state index contributed by atoms with van der Waals surface area (Å²) in [6, 6.07) is 15.5. The Balaban J connectivity index is 1.90. The number of carbonyl (C=O) groups excluding carboxylic acids is 2. The molecule has 0 atom stereocenters. The van der Waals surface area contributed by atoms with Crippen molar-refractivity contribution in [1.82, 2.24) is 15.7 Å². The lowest BCUT2D eigenvalue weighted by Gasteiger charge is -2.16. The molecular weight excluding hydrogens is 310 g/mol. The van der Waals surface area contributed by atoms with Gasteiger partial charge in [-0.25, -0.2) is 10.3 Å². The second-order valence-electron chi connectivity index (χ2n) is 5.04. The molecule has 7 nitrogen and oxygen atoms in total. The van der Waals surface area contributed by atoms with Crippen LogP contribution >= 0.6 is 0 Å². The highest BCUT2D eigenvalue weighted by Crippen LogP contribution is 2.21. The summed E-state index contributed by atoms with van der Waals surface area (Å²) in [4.78, 5) is 24.5. The monoisotopic (exact) mass is 329 g/mol. The predicted molar refractivity (Wildman–Crippen MR) is 88.2 cm³/mol. The van der Waals surface area contributed by atoms with Gasteiger partial charge in [0, 0.05) is 25.7 Å². The first-order valence-electron chi connectivity index (χ1n) is 7.36. The minimum atomic E-state index is -0.637. The number of rotatable bonds is 6. The van der Waals surface area contributed by atoms with Gasteiger partial charge in [-0.2, -0.15) is 0 Å². The van der Waals surface area contributed by atoms with Crippen LogP contribution in [-0.2, 0) is 0 Å². The Morgan fingerprint density at radius 1 is 1.08 bits per heavy atom. The molecule has 0 aromatic heterocycles. The van der Waals surface area contributed by atoms with Gasteiger partial charge < -0.3 is 15.0 Å². The molecule has 0 saturated carbocycles. The number of likely N-dealkylation sites (N-methyl/N-ethyl adjacent to an activating group) is 1. The largest absolute Gasteiger partial charge is 0.457 e. The van der Waals surface area contributed by atoms with Crippen molar-refractivity contribution in [1.29, 1.82) is 0 Å². The number of benzene rings is 2. The smallest absolute Gasteiger partial charge is 0.340 e. The van der Waals surface area contributed by atoms with Crippen LogP contribution in [0.1, 0.15) is 10.4 Å². The molecule has 0 aliphatic carbocycles. The van der Waals surface area contributed by atoms with Crippen LogP contribution in [0.25, 0.3) is 0 Å². The van der Waals surface area contributed by atoms with Crippen LogP contribution in [0.2, 0.25) is 0 Å². The fourth-order valence-corrected chi connectivity index (χ4v) is 1.95. The van der Waals surface area contributed by atoms with Crippen LogP contribution in [0.15, 0.2) is 54.6 Å². The fourth-order valence-electron chi connectivity index (χ4n) is 1.95. The Morgan fingerprint density at radius 3 is 2.50 bits per heavy atom. The van der Waals surface area contributed by atoms with Crippen LogP contribution in [0, 0.1) is 0 Å². The van der Waals surface area contributed by atoms with Crippen LogP contribution in [0.3, 0.4) is 0 Å². The average molecular weight is 329 g/mol. The van der Waals surface area contributed by atoms with Gasteiger partial charge in [-0.05, 0) is 30.3 Å². The summed E-state index contributed by atoms with van der Waals surface area (Å²) < 4.78 is 5.69. The quantitative estimate of drug-likeness (QED) is 0.560. The summed E-state index contributed by atoms with van der Waals surface area (Å²) in [5, 5.41) is 11.2. The molecule has 0 bridgehead atoms. The Morgan fingerprint density at radius 2 is 1.79 bits per heavy atom. The highest BCUT2D eigenvalue weighted by molar-refractivity contribution is 5.94. The van der Waals surface area contributed by atoms with E-state index in [4.69, 9.17) is 9.94 Å². The van der Waals surface area contributed by atoms with Gasteiger partial charge in [-0.1, -0.05) is 24.3 Å². The van der Waals surface area contributed by atoms with E-state index in [0.29, 0.717) is 17.1 Å². The summed E-state index contributed by atoms with van der Waals surface area (Å²) in [5.74, 6) is 0.976. The summed E-state index contributed by atoms with van der Waals surface area (Å²) in [6.07, 6.45) is 0. The number of amides is 3. The number of urea groups is 1. The molecule has 0 aliphatic rings. The zero-order chi connectivity index (χ0) is 17.4. The van der Waals surface area contributed by atoms with Gasteiger partial charge in [-0.3, -0.25) is 10.0 Å². The Bertz CT molecular complexity index is 691. The maximum absolute atomic E-state index is 12.1. The third-order valence-corrected chi connectivity index (χ3v) is 3.25. The van der Waals surface area contributed by atoms with E-state index in [1.165, 1.54) is 17.4 Å². The molecule has 3 N–H and O–H groups in total. The number of hydroxylamine groups is 1. The lowest BCUT2D eigenvalue weighted by atomic mass is 10.2. The van der Waals surface area contributed by atoms with Crippen LogP contribution in [0.5, 0.6) is 11.5 Å². The first kappa shape index (κ1) is 17.3. The molecule has 0 unspecified atom stereocenters. The normalized spacial score (nSPS) is 9.92. The minimum Gasteiger partial charge on any atom is -0.457 e. The van der Waals surface area contributed by atoms with E-state index in [0.717, 1.165) is 0 Å². The van der Waals surface area contributed by atoms with Gasteiger partial charge in [0.25, 0.3) is 5.91 Å². The summed E-state index contributed by atoms with van der Waals surface area (Å²) in [5.41, 5.74) is 1.98. The molecule has 126 valence electrons. The molecule has 2 aromatic carbocycles. The van der Waals surface area contributed by atoms with Gasteiger partial charge in [-0.15, -0.1) is 0 Å². The number of para-hydroxylation sites is 1. The molecule has 2 rings (SSSR count). The minimum absolute atomic E-state index is 0.256. The second kappa shape index (κ2) is 8.54. The van der Waals surface area contributed by atoms with Gasteiger partial charge in [0.2, 0.25) is 0 Å². The Labute approximate surface area is 139 Å². The standard InChI is InChI=1S/C17H19N3O4/c1-20(17(22)19-23)11-10-18-16(21)13-6-5-9-15(12-13)24-14-7-3-2-4-8-14/h2-9,12,23H,10-11H2,1H3,(H,18,21)(H,19,22). The molecule has 2 aromatic rings. The SMILES string of the molecule is CN(CCNC(=O)c1cccc(Oc2ccccc2)c1)C(=O)NO. The second-order valence-corrected chi connectivity index (χ2v) is 5.04. The van der Waals surface area contributed by atoms with Gasteiger partial charge in [0.05, 0.1) is 0 Å². The zero-order valence-electron chi connectivity index (χ0n) is 13.2. The summed E-state index contributed by atoms with van der Waals surface area (Å²) in [7, 11) is 1.51. The van der Waals surface area contributed by atoms with Crippen molar-refractivity contribution in [3.8, 4) is 11.5 Å². The van der Waals surface area contributed by atoms with Crippen LogP contribution in [-0.4, -0.2) is 42.2 Å². The van der Waals surface area contributed by atoms with E-state index < -0.39 is 6.03 Å². The third-order valence-electron chi connectivity index (χ3n) is 3.25. The number of nitrogens with zero attached hydrogens (tertiary/aromatic N) is 1. The van der Waals surface area contributed by atoms with E-state index in [1.54, 1.807) is 24.3 Å². The Hall–Kier alpha value is -3.06. The molecule has 0 heterocycles. The van der Waals surface area contributed by atoms with Crippen molar-refractivity contribution in [2.24, 2.45) is 0 Å². The lowest BCUT2D eigenvalue weighted by molar-refractivity contribution is 0.0947. The molecule has 0 fully saturated rings. The van der Waals surface area contributed by atoms with Gasteiger partial charge in [0.1, 0.15) is 11.5 Å². The summed E-state index contributed by atoms with van der Waals surface area (Å²) >= 11 is 0. The molecular formula is C17H19N3O4. The third kappa shape index (κ3) is 4.99. The van der Waals surface area contributed by atoms with Gasteiger partial charge >= 0.3 is 6.03 Å². The molecule has 0 radical (unpaired) electrons. The van der Waals surface area contributed by atoms with Crippen LogP contribution < -0.4 is 15.5 Å². The lowest BCUT2D eigenvalue weighted by Crippen LogP contribution is -2.40. The van der Waals surface area contributed by atoms with E-state index in [1.807, 2.05) is 30.3 Å². The van der Waals surface area contributed by atoms with Crippen molar-refractivity contribution in [3.05, 3.63) is 60.2 Å². The predicted octanol–water partition coefficient (Wildman–Crippen LogP) is 2.24. The highest BCUT2D eigenvalue weighted by atomic mass is 16.5. The number of hydrogen-bond acceptors (Lipinski definition) is 4. The molecule has 3 amide bonds. The van der Waals surface area contributed by atoms with E-state index in [2.05, 4.69) is 5.32 Å². The van der Waals surface area contributed by atoms with E-state index >= 15 is 0 Å². The van der Waals surface area contributed by atoms with Crippen molar-refractivity contribution >= 4 is 11.9 Å². The van der Waals surface area contributed by atoms with Crippen molar-refractivity contribution in [2.75, 3.05) is 20.1 Å². The Kier molecular flexibility index (Phi) is 6.16. The van der Waals surface area contributed by atoms with Gasteiger partial charge in [0.15, 0.2) is 0 Å². The maximum atomic E-state index is 12.1. The summed E-state index contributed by atoms with van der Waals surface area (Å²) in [6.45, 7) is 0.519. The fraction of sp³-hybridized carbons (Fsp3) is 0.176. The number of carbonyl (C=O) groups is 2. The van der Waals surface area contributed by atoms with E-state index in [-0.39, 0.29) is 19.0 Å². The van der Waals surface area contributed by atoms with Crippen LogP contribution in [0.4, 0.5) is 4.79 Å². The first-order chi connectivity index (χ1) is 11.6. The topological polar surface area (TPSA) is 90.9 Å². The van der Waals surface area contributed by atoms with E-state index in [9.17, 15) is 9.59 Å². The van der Waals surface area contributed by atoms with Crippen molar-refractivity contribution in [2.45, 2.75) is 0 Å². The molecule has 24 heavy (non-hydrogen) atoms. The zero-order valence-corrected chi connectivity index (χ0v) is 13.2. The number of hydrogen-bond donors (Lipinski definition) is 3. The molecule has 7 heteroatoms. The molecule has 0 aliphatic heterocycles. The van der Waals surface area contributed by atoms with Crippen molar-refractivity contribution in [3.63, 3.8) is 0 Å². The molecule has 0 saturated heterocycles. The molecule has 0 spiro atoms. The number of nitrogens with one attached hydrogen (secondary N) is 2. The van der Waals surface area contributed by atoms with Crippen molar-refractivity contribution < 1.29 is 19.5 Å². The average Bonchev–Trinajstić information content (AvgIpc) is 2.61. The maximum Gasteiger partial charge on any atom is 0.340 e.